The second kappa shape index (κ2) is 5.81. The number of esters is 1. The van der Waals surface area contributed by atoms with Crippen molar-refractivity contribution in [1.82, 2.24) is 0 Å². The number of ketones is 2. The molecule has 1 aliphatic rings. The van der Waals surface area contributed by atoms with Crippen LogP contribution in [0.5, 0.6) is 0 Å². The zero-order valence-corrected chi connectivity index (χ0v) is 11.6. The molecule has 0 N–H and O–H groups in total. The molecular formula is C11H11BrO6. The number of carbonyl (C=O) groups is 3. The van der Waals surface area contributed by atoms with Crippen LogP contribution in [0.25, 0.3) is 0 Å². The van der Waals surface area contributed by atoms with Crippen LogP contribution in [0.3, 0.4) is 0 Å². The van der Waals surface area contributed by atoms with Crippen LogP contribution in [0.4, 0.5) is 0 Å². The third-order valence-corrected chi connectivity index (χ3v) is 3.15. The normalized spacial score (nSPS) is 16.0. The number of hydrogen-bond acceptors (Lipinski definition) is 6. The van der Waals surface area contributed by atoms with Gasteiger partial charge in [-0.15, -0.1) is 0 Å². The van der Waals surface area contributed by atoms with Crippen LogP contribution < -0.4 is 0 Å². The molecule has 0 fully saturated rings. The molecule has 6 nitrogen and oxygen atoms in total. The molecule has 0 atom stereocenters. The molecule has 0 aromatic rings. The van der Waals surface area contributed by atoms with E-state index in [-0.39, 0.29) is 28.0 Å². The van der Waals surface area contributed by atoms with Crippen molar-refractivity contribution < 1.29 is 28.6 Å². The molecule has 0 bridgehead atoms. The highest BCUT2D eigenvalue weighted by Gasteiger charge is 2.36. The Kier molecular flexibility index (Phi) is 4.66. The van der Waals surface area contributed by atoms with Gasteiger partial charge in [-0.05, 0) is 15.9 Å². The number of hydrogen-bond donors (Lipinski definition) is 0. The molecule has 0 saturated carbocycles. The summed E-state index contributed by atoms with van der Waals surface area (Å²) in [6, 6.07) is 0. The first-order valence-corrected chi connectivity index (χ1v) is 5.64. The number of rotatable bonds is 4. The van der Waals surface area contributed by atoms with Gasteiger partial charge in [-0.2, -0.15) is 0 Å². The summed E-state index contributed by atoms with van der Waals surface area (Å²) in [6.07, 6.45) is -0.314. The zero-order valence-electron chi connectivity index (χ0n) is 10.0. The predicted octanol–water partition coefficient (Wildman–Crippen LogP) is 0.855. The fraction of sp³-hybridized carbons (Fsp3) is 0.364. The van der Waals surface area contributed by atoms with E-state index in [9.17, 15) is 14.4 Å². The van der Waals surface area contributed by atoms with Crippen LogP contribution in [-0.2, 0) is 28.6 Å². The lowest BCUT2D eigenvalue weighted by Crippen LogP contribution is -2.25. The first-order valence-electron chi connectivity index (χ1n) is 4.85. The summed E-state index contributed by atoms with van der Waals surface area (Å²) in [6.45, 7) is 0. The summed E-state index contributed by atoms with van der Waals surface area (Å²) < 4.78 is 14.1. The van der Waals surface area contributed by atoms with Gasteiger partial charge in [0.25, 0.3) is 0 Å². The van der Waals surface area contributed by atoms with E-state index in [0.717, 1.165) is 0 Å². The van der Waals surface area contributed by atoms with Crippen molar-refractivity contribution in [1.29, 1.82) is 0 Å². The molecule has 1 aliphatic carbocycles. The Morgan fingerprint density at radius 3 is 2.00 bits per heavy atom. The van der Waals surface area contributed by atoms with Crippen molar-refractivity contribution in [3.05, 3.63) is 21.6 Å². The van der Waals surface area contributed by atoms with Gasteiger partial charge in [0.1, 0.15) is 0 Å². The number of allylic oxidation sites excluding steroid dienone is 2. The Balaban J connectivity index is 3.22. The number of Topliss-reactive ketones (excluding diaryl/α,β-unsaturated/α-hetero) is 2. The Bertz CT molecular complexity index is 474. The highest BCUT2D eigenvalue weighted by Crippen LogP contribution is 2.30. The zero-order chi connectivity index (χ0) is 13.9. The van der Waals surface area contributed by atoms with Gasteiger partial charge in [0.15, 0.2) is 0 Å². The van der Waals surface area contributed by atoms with E-state index in [1.54, 1.807) is 0 Å². The Morgan fingerprint density at radius 1 is 1.06 bits per heavy atom. The lowest BCUT2D eigenvalue weighted by atomic mass is 9.97. The minimum Gasteiger partial charge on any atom is -0.489 e. The molecule has 98 valence electrons. The van der Waals surface area contributed by atoms with Crippen LogP contribution in [0, 0.1) is 0 Å². The second-order valence-corrected chi connectivity index (χ2v) is 4.06. The fourth-order valence-corrected chi connectivity index (χ4v) is 1.93. The monoisotopic (exact) mass is 318 g/mol. The summed E-state index contributed by atoms with van der Waals surface area (Å²) in [5.41, 5.74) is -0.00972. The molecule has 0 heterocycles. The summed E-state index contributed by atoms with van der Waals surface area (Å²) in [5, 5.41) is 0. The quantitative estimate of drug-likeness (QED) is 0.565. The van der Waals surface area contributed by atoms with Crippen molar-refractivity contribution in [2.24, 2.45) is 0 Å². The molecule has 0 radical (unpaired) electrons. The van der Waals surface area contributed by atoms with Crippen LogP contribution >= 0.6 is 15.9 Å². The highest BCUT2D eigenvalue weighted by atomic mass is 79.9. The van der Waals surface area contributed by atoms with Gasteiger partial charge in [-0.1, -0.05) is 0 Å². The van der Waals surface area contributed by atoms with Crippen LogP contribution in [0.1, 0.15) is 6.42 Å². The summed E-state index contributed by atoms with van der Waals surface area (Å²) in [7, 11) is 3.69. The van der Waals surface area contributed by atoms with Crippen LogP contribution in [0.2, 0.25) is 0 Å². The number of ether oxygens (including phenoxy) is 3. The first kappa shape index (κ1) is 14.4. The topological polar surface area (TPSA) is 78.9 Å². The minimum atomic E-state index is -0.626. The minimum absolute atomic E-state index is 0.00972. The van der Waals surface area contributed by atoms with E-state index < -0.39 is 17.5 Å². The summed E-state index contributed by atoms with van der Waals surface area (Å²) in [4.78, 5) is 35.1. The van der Waals surface area contributed by atoms with Crippen molar-refractivity contribution in [2.75, 3.05) is 21.3 Å². The van der Waals surface area contributed by atoms with Gasteiger partial charge >= 0.3 is 5.97 Å². The smallest absolute Gasteiger partial charge is 0.310 e. The van der Waals surface area contributed by atoms with E-state index in [2.05, 4.69) is 20.7 Å². The average molecular weight is 319 g/mol. The number of halogens is 1. The number of methoxy groups -OCH3 is 3. The molecule has 18 heavy (non-hydrogen) atoms. The molecule has 0 aromatic heterocycles. The fourth-order valence-electron chi connectivity index (χ4n) is 1.42. The summed E-state index contributed by atoms with van der Waals surface area (Å²) in [5.74, 6) is -2.16. The van der Waals surface area contributed by atoms with E-state index in [0.29, 0.717) is 0 Å². The van der Waals surface area contributed by atoms with Crippen molar-refractivity contribution >= 4 is 33.5 Å². The first-order chi connectivity index (χ1) is 8.47. The molecule has 7 heteroatoms. The largest absolute Gasteiger partial charge is 0.489 e. The molecule has 0 aliphatic heterocycles. The van der Waals surface area contributed by atoms with E-state index in [4.69, 9.17) is 9.47 Å². The maximum atomic E-state index is 12.0. The van der Waals surface area contributed by atoms with Gasteiger partial charge in [0.05, 0.1) is 32.2 Å². The van der Waals surface area contributed by atoms with Crippen LogP contribution in [-0.4, -0.2) is 38.9 Å². The van der Waals surface area contributed by atoms with E-state index in [1.807, 2.05) is 0 Å². The Morgan fingerprint density at radius 2 is 1.56 bits per heavy atom. The molecule has 0 spiro atoms. The SMILES string of the molecule is COC(=O)CC1=C(Br)C(=O)C(OC)=C(OC)C1=O. The second-order valence-electron chi connectivity index (χ2n) is 3.27. The Labute approximate surface area is 112 Å². The molecular weight excluding hydrogens is 308 g/mol. The molecule has 0 aromatic carbocycles. The van der Waals surface area contributed by atoms with Gasteiger partial charge in [-0.3, -0.25) is 14.4 Å². The maximum Gasteiger partial charge on any atom is 0.310 e. The number of carbonyl (C=O) groups excluding carboxylic acids is 3. The van der Waals surface area contributed by atoms with E-state index in [1.165, 1.54) is 21.3 Å². The van der Waals surface area contributed by atoms with E-state index >= 15 is 0 Å². The standard InChI is InChI=1S/C11H11BrO6/c1-16-6(13)4-5-7(12)9(15)11(18-3)10(17-2)8(5)14/h4H2,1-3H3. The third kappa shape index (κ3) is 2.45. The lowest BCUT2D eigenvalue weighted by molar-refractivity contribution is -0.140. The third-order valence-electron chi connectivity index (χ3n) is 2.31. The maximum absolute atomic E-state index is 12.0. The molecule has 0 amide bonds. The van der Waals surface area contributed by atoms with Crippen molar-refractivity contribution in [3.8, 4) is 0 Å². The molecule has 0 saturated heterocycles. The molecule has 1 rings (SSSR count). The van der Waals surface area contributed by atoms with Crippen molar-refractivity contribution in [2.45, 2.75) is 6.42 Å². The average Bonchev–Trinajstić information content (AvgIpc) is 2.38. The predicted molar refractivity (Wildman–Crippen MR) is 63.6 cm³/mol. The van der Waals surface area contributed by atoms with Gasteiger partial charge in [-0.25, -0.2) is 0 Å². The highest BCUT2D eigenvalue weighted by molar-refractivity contribution is 9.12. The lowest BCUT2D eigenvalue weighted by Gasteiger charge is -2.18. The van der Waals surface area contributed by atoms with Crippen molar-refractivity contribution in [3.63, 3.8) is 0 Å². The van der Waals surface area contributed by atoms with Crippen LogP contribution in [0.15, 0.2) is 21.6 Å². The van der Waals surface area contributed by atoms with Gasteiger partial charge in [0, 0.05) is 5.57 Å². The summed E-state index contributed by atoms with van der Waals surface area (Å²) >= 11 is 2.99. The molecule has 0 unspecified atom stereocenters. The van der Waals surface area contributed by atoms with Gasteiger partial charge < -0.3 is 14.2 Å². The Hall–Kier alpha value is -1.63. The van der Waals surface area contributed by atoms with Gasteiger partial charge in [0.2, 0.25) is 23.1 Å².